The first kappa shape index (κ1) is 18.9. The molecule has 0 N–H and O–H groups in total. The Hall–Kier alpha value is -0.101. The second-order valence-corrected chi connectivity index (χ2v) is 17.7. The molecule has 0 saturated carbocycles. The van der Waals surface area contributed by atoms with Crippen LogP contribution >= 0.6 is 0 Å². The summed E-state index contributed by atoms with van der Waals surface area (Å²) in [6, 6.07) is 0. The first-order valence-electron chi connectivity index (χ1n) is 8.63. The third-order valence-electron chi connectivity index (χ3n) is 4.25. The molecule has 0 aliphatic carbocycles. The predicted octanol–water partition coefficient (Wildman–Crippen LogP) is 4.41. The van der Waals surface area contributed by atoms with Crippen LogP contribution in [0.15, 0.2) is 0 Å². The van der Waals surface area contributed by atoms with Crippen LogP contribution in [0.5, 0.6) is 0 Å². The monoisotopic (exact) mass is 405 g/mol. The van der Waals surface area contributed by atoms with Crippen LogP contribution in [0, 0.1) is 0 Å². The van der Waals surface area contributed by atoms with Crippen molar-refractivity contribution in [1.29, 1.82) is 0 Å². The van der Waals surface area contributed by atoms with Gasteiger partial charge in [0.15, 0.2) is 0 Å². The number of carbonyl (C=O) groups is 2. The first-order chi connectivity index (χ1) is 10.1. The van der Waals surface area contributed by atoms with Crippen LogP contribution in [0.1, 0.15) is 72.1 Å². The van der Waals surface area contributed by atoms with Crippen molar-refractivity contribution in [2.24, 2.45) is 0 Å². The fourth-order valence-electron chi connectivity index (χ4n) is 2.86. The van der Waals surface area contributed by atoms with Crippen molar-refractivity contribution in [2.75, 3.05) is 0 Å². The van der Waals surface area contributed by atoms with Gasteiger partial charge in [-0.05, 0) is 0 Å². The topological polar surface area (TPSA) is 46.6 Å². The summed E-state index contributed by atoms with van der Waals surface area (Å²) in [5.41, 5.74) is 0. The van der Waals surface area contributed by atoms with Crippen molar-refractivity contribution in [2.45, 2.75) is 85.4 Å². The van der Waals surface area contributed by atoms with E-state index in [0.29, 0.717) is 12.8 Å². The molecule has 21 heavy (non-hydrogen) atoms. The average Bonchev–Trinajstić information content (AvgIpc) is 2.80. The summed E-state index contributed by atoms with van der Waals surface area (Å²) in [6.07, 6.45) is 7.62. The fourth-order valence-corrected chi connectivity index (χ4v) is 16.0. The number of hydroxylamine groups is 2. The molecular formula is C16H31NO3Sn. The van der Waals surface area contributed by atoms with Crippen molar-refractivity contribution < 1.29 is 12.8 Å². The summed E-state index contributed by atoms with van der Waals surface area (Å²) in [6.45, 7) is 6.59. The normalized spacial score (nSPS) is 16.0. The Morgan fingerprint density at radius 3 is 1.57 bits per heavy atom. The second kappa shape index (κ2) is 9.82. The molecule has 0 unspecified atom stereocenters. The van der Waals surface area contributed by atoms with Gasteiger partial charge in [0, 0.05) is 0 Å². The van der Waals surface area contributed by atoms with Gasteiger partial charge in [-0.2, -0.15) is 0 Å². The second-order valence-electron chi connectivity index (χ2n) is 6.17. The van der Waals surface area contributed by atoms with E-state index in [1.165, 1.54) is 19.3 Å². The van der Waals surface area contributed by atoms with Gasteiger partial charge >= 0.3 is 134 Å². The van der Waals surface area contributed by atoms with E-state index in [9.17, 15) is 9.59 Å². The van der Waals surface area contributed by atoms with Gasteiger partial charge in [0.1, 0.15) is 0 Å². The molecule has 1 aliphatic heterocycles. The van der Waals surface area contributed by atoms with Gasteiger partial charge < -0.3 is 0 Å². The molecule has 4 nitrogen and oxygen atoms in total. The van der Waals surface area contributed by atoms with Crippen molar-refractivity contribution in [3.8, 4) is 0 Å². The molecule has 1 aliphatic rings. The maximum atomic E-state index is 11.9. The van der Waals surface area contributed by atoms with Gasteiger partial charge in [0.25, 0.3) is 0 Å². The number of carbonyl (C=O) groups excluding carboxylic acids is 2. The summed E-state index contributed by atoms with van der Waals surface area (Å²) >= 11 is -2.89. The van der Waals surface area contributed by atoms with E-state index in [2.05, 4.69) is 20.8 Å². The predicted molar refractivity (Wildman–Crippen MR) is 87.1 cm³/mol. The zero-order valence-corrected chi connectivity index (χ0v) is 16.8. The van der Waals surface area contributed by atoms with Crippen LogP contribution in [0.4, 0.5) is 0 Å². The molecule has 122 valence electrons. The van der Waals surface area contributed by atoms with Gasteiger partial charge in [0.2, 0.25) is 0 Å². The molecule has 0 spiro atoms. The Balaban J connectivity index is 2.83. The van der Waals surface area contributed by atoms with E-state index in [1.807, 2.05) is 0 Å². The Morgan fingerprint density at radius 1 is 0.857 bits per heavy atom. The molecule has 1 fully saturated rings. The van der Waals surface area contributed by atoms with Crippen LogP contribution < -0.4 is 0 Å². The van der Waals surface area contributed by atoms with Crippen LogP contribution in [-0.2, 0) is 12.8 Å². The third-order valence-corrected chi connectivity index (χ3v) is 16.7. The van der Waals surface area contributed by atoms with Crippen LogP contribution in [0.3, 0.4) is 0 Å². The number of amides is 2. The van der Waals surface area contributed by atoms with E-state index in [1.54, 1.807) is 0 Å². The zero-order valence-electron chi connectivity index (χ0n) is 14.0. The van der Waals surface area contributed by atoms with Crippen molar-refractivity contribution >= 4 is 30.6 Å². The number of rotatable bonds is 11. The molecule has 1 rings (SSSR count). The van der Waals surface area contributed by atoms with E-state index in [-0.39, 0.29) is 11.8 Å². The van der Waals surface area contributed by atoms with Crippen LogP contribution in [-0.4, -0.2) is 35.7 Å². The minimum absolute atomic E-state index is 0.120. The number of hydrogen-bond acceptors (Lipinski definition) is 3. The van der Waals surface area contributed by atoms with Gasteiger partial charge in [-0.15, -0.1) is 0 Å². The number of unbranched alkanes of at least 4 members (excludes halogenated alkanes) is 3. The molecular weight excluding hydrogens is 373 g/mol. The molecule has 0 atom stereocenters. The Morgan fingerprint density at radius 2 is 1.24 bits per heavy atom. The number of hydrogen-bond donors (Lipinski definition) is 0. The van der Waals surface area contributed by atoms with Crippen molar-refractivity contribution in [3.63, 3.8) is 0 Å². The van der Waals surface area contributed by atoms with Gasteiger partial charge in [-0.25, -0.2) is 0 Å². The minimum atomic E-state index is -2.89. The van der Waals surface area contributed by atoms with Crippen molar-refractivity contribution in [1.82, 2.24) is 5.06 Å². The van der Waals surface area contributed by atoms with E-state index < -0.39 is 18.8 Å². The fraction of sp³-hybridized carbons (Fsp3) is 0.875. The van der Waals surface area contributed by atoms with Crippen LogP contribution in [0.25, 0.3) is 0 Å². The Bertz CT molecular complexity index is 309. The van der Waals surface area contributed by atoms with Gasteiger partial charge in [-0.3, -0.25) is 0 Å². The molecule has 1 heterocycles. The van der Waals surface area contributed by atoms with Crippen molar-refractivity contribution in [3.05, 3.63) is 0 Å². The van der Waals surface area contributed by atoms with E-state index in [0.717, 1.165) is 37.6 Å². The number of imide groups is 1. The molecule has 0 aromatic heterocycles. The molecule has 0 aromatic carbocycles. The summed E-state index contributed by atoms with van der Waals surface area (Å²) < 4.78 is 9.70. The number of nitrogens with zero attached hydrogens (tertiary/aromatic N) is 1. The van der Waals surface area contributed by atoms with E-state index in [4.69, 9.17) is 3.17 Å². The molecule has 0 aromatic rings. The Kier molecular flexibility index (Phi) is 8.86. The quantitative estimate of drug-likeness (QED) is 0.379. The SMILES string of the molecule is CCC[CH2][Sn]([CH2]CCC)([CH2]CCC)[O]N1C(=O)CCC1=O. The molecule has 0 radical (unpaired) electrons. The molecule has 2 amide bonds. The average molecular weight is 404 g/mol. The summed E-state index contributed by atoms with van der Waals surface area (Å²) in [4.78, 5) is 23.8. The molecule has 5 heteroatoms. The summed E-state index contributed by atoms with van der Waals surface area (Å²) in [5.74, 6) is -0.240. The molecule has 1 saturated heterocycles. The zero-order chi connectivity index (χ0) is 15.7. The summed E-state index contributed by atoms with van der Waals surface area (Å²) in [5, 5.41) is 1.16. The first-order valence-corrected chi connectivity index (χ1v) is 15.9. The maximum absolute atomic E-state index is 11.9. The van der Waals surface area contributed by atoms with Crippen LogP contribution in [0.2, 0.25) is 13.3 Å². The van der Waals surface area contributed by atoms with E-state index >= 15 is 0 Å². The summed E-state index contributed by atoms with van der Waals surface area (Å²) in [7, 11) is 0. The third kappa shape index (κ3) is 5.89. The molecule has 0 bridgehead atoms. The van der Waals surface area contributed by atoms with Gasteiger partial charge in [-0.1, -0.05) is 0 Å². The van der Waals surface area contributed by atoms with Gasteiger partial charge in [0.05, 0.1) is 0 Å². The Labute approximate surface area is 134 Å². The standard InChI is InChI=1S/C4H4NO3.3C4H9.Sn/c6-3-1-2-4(7)5(3)8;3*1-3-4-2;/h1-2H2;3*1,3-4H2,2H3;/q-1;;;;+1.